The normalized spacial score (nSPS) is 12.8. The zero-order valence-corrected chi connectivity index (χ0v) is 11.1. The molecule has 18 heavy (non-hydrogen) atoms. The average molecular weight is 265 g/mol. The predicted octanol–water partition coefficient (Wildman–Crippen LogP) is 2.44. The lowest BCUT2D eigenvalue weighted by atomic mass is 10.2. The highest BCUT2D eigenvalue weighted by atomic mass is 32.2. The van der Waals surface area contributed by atoms with Crippen molar-refractivity contribution in [2.24, 2.45) is 0 Å². The number of thioether (sulfide) groups is 1. The monoisotopic (exact) mass is 265 g/mol. The van der Waals surface area contributed by atoms with Gasteiger partial charge < -0.3 is 5.11 Å². The van der Waals surface area contributed by atoms with E-state index in [0.717, 1.165) is 22.5 Å². The second-order valence-electron chi connectivity index (χ2n) is 4.05. The topological polar surface area (TPSA) is 68.0 Å². The van der Waals surface area contributed by atoms with Crippen molar-refractivity contribution in [3.63, 3.8) is 0 Å². The second-order valence-corrected chi connectivity index (χ2v) is 5.37. The van der Waals surface area contributed by atoms with Crippen molar-refractivity contribution < 1.29 is 9.90 Å². The molecule has 0 radical (unpaired) electrons. The van der Waals surface area contributed by atoms with Gasteiger partial charge in [-0.1, -0.05) is 12.1 Å². The molecule has 0 amide bonds. The Morgan fingerprint density at radius 1 is 1.56 bits per heavy atom. The van der Waals surface area contributed by atoms with Crippen molar-refractivity contribution >= 4 is 28.8 Å². The van der Waals surface area contributed by atoms with E-state index in [2.05, 4.69) is 24.2 Å². The fourth-order valence-electron chi connectivity index (χ4n) is 1.75. The van der Waals surface area contributed by atoms with Gasteiger partial charge in [-0.25, -0.2) is 9.48 Å². The summed E-state index contributed by atoms with van der Waals surface area (Å²) >= 11 is 1.83. The number of hydrogen-bond donors (Lipinski definition) is 1. The molecule has 0 bridgehead atoms. The van der Waals surface area contributed by atoms with E-state index in [-0.39, 0.29) is 11.6 Å². The third-order valence-electron chi connectivity index (χ3n) is 2.70. The number of aromatic carboxylic acids is 1. The van der Waals surface area contributed by atoms with E-state index < -0.39 is 5.97 Å². The minimum absolute atomic E-state index is 0.198. The molecule has 1 aromatic carbocycles. The standard InChI is InChI=1S/C12H15N3O2S/c1-3-18-7-8(2)15-11-6-9(12(16)17)4-5-10(11)13-14-15/h4-6,8H,3,7H2,1-2H3,(H,16,17). The van der Waals surface area contributed by atoms with Gasteiger partial charge in [-0.05, 0) is 30.9 Å². The Hall–Kier alpha value is -1.56. The van der Waals surface area contributed by atoms with Gasteiger partial charge in [0.25, 0.3) is 0 Å². The van der Waals surface area contributed by atoms with Gasteiger partial charge in [0, 0.05) is 5.75 Å². The van der Waals surface area contributed by atoms with Gasteiger partial charge in [0.1, 0.15) is 5.52 Å². The fourth-order valence-corrected chi connectivity index (χ4v) is 2.47. The maximum atomic E-state index is 11.0. The first-order valence-electron chi connectivity index (χ1n) is 5.79. The average Bonchev–Trinajstić information content (AvgIpc) is 2.78. The van der Waals surface area contributed by atoms with Crippen LogP contribution in [-0.2, 0) is 0 Å². The molecular weight excluding hydrogens is 250 g/mol. The van der Waals surface area contributed by atoms with Crippen molar-refractivity contribution in [2.45, 2.75) is 19.9 Å². The largest absolute Gasteiger partial charge is 0.478 e. The summed E-state index contributed by atoms with van der Waals surface area (Å²) in [6.45, 7) is 4.17. The van der Waals surface area contributed by atoms with E-state index in [1.54, 1.807) is 22.9 Å². The van der Waals surface area contributed by atoms with E-state index in [4.69, 9.17) is 5.11 Å². The van der Waals surface area contributed by atoms with Gasteiger partial charge in [0.15, 0.2) is 0 Å². The molecule has 1 N–H and O–H groups in total. The quantitative estimate of drug-likeness (QED) is 0.899. The summed E-state index contributed by atoms with van der Waals surface area (Å²) in [5.74, 6) is 1.06. The van der Waals surface area contributed by atoms with Crippen LogP contribution in [0.15, 0.2) is 18.2 Å². The van der Waals surface area contributed by atoms with Gasteiger partial charge >= 0.3 is 5.97 Å². The zero-order valence-electron chi connectivity index (χ0n) is 10.3. The molecule has 0 saturated carbocycles. The van der Waals surface area contributed by atoms with Crippen LogP contribution < -0.4 is 0 Å². The molecule has 6 heteroatoms. The van der Waals surface area contributed by atoms with E-state index in [1.165, 1.54) is 0 Å². The maximum Gasteiger partial charge on any atom is 0.335 e. The Balaban J connectivity index is 2.38. The Labute approximate surface area is 109 Å². The Morgan fingerprint density at radius 2 is 2.33 bits per heavy atom. The highest BCUT2D eigenvalue weighted by Crippen LogP contribution is 2.20. The molecule has 1 atom stereocenters. The lowest BCUT2D eigenvalue weighted by Crippen LogP contribution is -2.10. The first-order valence-corrected chi connectivity index (χ1v) is 6.95. The van der Waals surface area contributed by atoms with Crippen LogP contribution in [0.1, 0.15) is 30.2 Å². The fraction of sp³-hybridized carbons (Fsp3) is 0.417. The number of nitrogens with zero attached hydrogens (tertiary/aromatic N) is 3. The second kappa shape index (κ2) is 5.39. The minimum Gasteiger partial charge on any atom is -0.478 e. The highest BCUT2D eigenvalue weighted by Gasteiger charge is 2.13. The van der Waals surface area contributed by atoms with Crippen LogP contribution in [0.3, 0.4) is 0 Å². The molecule has 2 rings (SSSR count). The van der Waals surface area contributed by atoms with Gasteiger partial charge in [0.05, 0.1) is 17.1 Å². The summed E-state index contributed by atoms with van der Waals surface area (Å²) in [6.07, 6.45) is 0. The summed E-state index contributed by atoms with van der Waals surface area (Å²) in [7, 11) is 0. The Bertz CT molecular complexity index is 567. The number of carboxylic acid groups (broad SMARTS) is 1. The first kappa shape index (κ1) is 12.9. The lowest BCUT2D eigenvalue weighted by Gasteiger charge is -2.11. The molecule has 1 heterocycles. The van der Waals surface area contributed by atoms with Crippen molar-refractivity contribution in [1.82, 2.24) is 15.0 Å². The molecule has 0 aliphatic carbocycles. The lowest BCUT2D eigenvalue weighted by molar-refractivity contribution is 0.0697. The molecule has 0 saturated heterocycles. The molecule has 0 fully saturated rings. The third-order valence-corrected chi connectivity index (χ3v) is 3.83. The van der Waals surface area contributed by atoms with Crippen LogP contribution >= 0.6 is 11.8 Å². The molecule has 1 unspecified atom stereocenters. The molecule has 96 valence electrons. The molecular formula is C12H15N3O2S. The smallest absolute Gasteiger partial charge is 0.335 e. The number of carboxylic acids is 1. The number of benzene rings is 1. The summed E-state index contributed by atoms with van der Waals surface area (Å²) in [5, 5.41) is 17.2. The number of hydrogen-bond acceptors (Lipinski definition) is 4. The highest BCUT2D eigenvalue weighted by molar-refractivity contribution is 7.99. The van der Waals surface area contributed by atoms with E-state index in [1.807, 2.05) is 11.8 Å². The first-order chi connectivity index (χ1) is 8.63. The Morgan fingerprint density at radius 3 is 3.00 bits per heavy atom. The van der Waals surface area contributed by atoms with Crippen molar-refractivity contribution in [3.8, 4) is 0 Å². The summed E-state index contributed by atoms with van der Waals surface area (Å²) in [6, 6.07) is 5.08. The molecule has 0 aliphatic rings. The summed E-state index contributed by atoms with van der Waals surface area (Å²) in [4.78, 5) is 11.0. The number of carbonyl (C=O) groups is 1. The molecule has 0 spiro atoms. The van der Waals surface area contributed by atoms with Crippen LogP contribution in [0.2, 0.25) is 0 Å². The number of rotatable bonds is 5. The molecule has 0 aliphatic heterocycles. The van der Waals surface area contributed by atoms with E-state index in [0.29, 0.717) is 0 Å². The van der Waals surface area contributed by atoms with Gasteiger partial charge in [-0.2, -0.15) is 11.8 Å². The zero-order chi connectivity index (χ0) is 13.1. The van der Waals surface area contributed by atoms with Gasteiger partial charge in [0.2, 0.25) is 0 Å². The van der Waals surface area contributed by atoms with Crippen LogP contribution in [-0.4, -0.2) is 37.6 Å². The predicted molar refractivity (Wildman–Crippen MR) is 72.2 cm³/mol. The minimum atomic E-state index is -0.930. The maximum absolute atomic E-state index is 11.0. The molecule has 5 nitrogen and oxygen atoms in total. The van der Waals surface area contributed by atoms with Gasteiger partial charge in [-0.3, -0.25) is 0 Å². The van der Waals surface area contributed by atoms with Gasteiger partial charge in [-0.15, -0.1) is 5.10 Å². The Kier molecular flexibility index (Phi) is 3.86. The van der Waals surface area contributed by atoms with Crippen molar-refractivity contribution in [3.05, 3.63) is 23.8 Å². The van der Waals surface area contributed by atoms with Crippen LogP contribution in [0.25, 0.3) is 11.0 Å². The summed E-state index contributed by atoms with van der Waals surface area (Å²) < 4.78 is 1.80. The number of aromatic nitrogens is 3. The SMILES string of the molecule is CCSCC(C)n1nnc2ccc(C(=O)O)cc21. The summed E-state index contributed by atoms with van der Waals surface area (Å²) in [5.41, 5.74) is 1.77. The molecule has 2 aromatic rings. The van der Waals surface area contributed by atoms with Crippen molar-refractivity contribution in [2.75, 3.05) is 11.5 Å². The van der Waals surface area contributed by atoms with Crippen LogP contribution in [0.4, 0.5) is 0 Å². The molecule has 1 aromatic heterocycles. The van der Waals surface area contributed by atoms with Crippen LogP contribution in [0.5, 0.6) is 0 Å². The number of fused-ring (bicyclic) bond motifs is 1. The van der Waals surface area contributed by atoms with Crippen LogP contribution in [0, 0.1) is 0 Å². The third kappa shape index (κ3) is 2.48. The van der Waals surface area contributed by atoms with E-state index in [9.17, 15) is 4.79 Å². The van der Waals surface area contributed by atoms with E-state index >= 15 is 0 Å². The van der Waals surface area contributed by atoms with Crippen molar-refractivity contribution in [1.29, 1.82) is 0 Å².